The number of ketones is 1. The van der Waals surface area contributed by atoms with Crippen molar-refractivity contribution in [3.63, 3.8) is 0 Å². The summed E-state index contributed by atoms with van der Waals surface area (Å²) in [5, 5.41) is 0. The minimum atomic E-state index is 0.256. The first-order chi connectivity index (χ1) is 9.69. The SMILES string of the molecule is CCC1(CC(=O)c2ccc(OCCN)cc2)CCCC1. The molecule has 1 aromatic rings. The van der Waals surface area contributed by atoms with E-state index in [1.807, 2.05) is 24.3 Å². The molecule has 0 saturated heterocycles. The van der Waals surface area contributed by atoms with Gasteiger partial charge in [-0.05, 0) is 42.5 Å². The number of Topliss-reactive ketones (excluding diaryl/α,β-unsaturated/α-hetero) is 1. The molecule has 110 valence electrons. The van der Waals surface area contributed by atoms with Crippen LogP contribution in [-0.2, 0) is 0 Å². The van der Waals surface area contributed by atoms with Crippen LogP contribution in [0.2, 0.25) is 0 Å². The third kappa shape index (κ3) is 3.60. The first kappa shape index (κ1) is 15.0. The molecule has 0 aromatic heterocycles. The zero-order valence-electron chi connectivity index (χ0n) is 12.4. The van der Waals surface area contributed by atoms with Crippen molar-refractivity contribution in [2.75, 3.05) is 13.2 Å². The van der Waals surface area contributed by atoms with E-state index < -0.39 is 0 Å². The van der Waals surface area contributed by atoms with Gasteiger partial charge in [0.2, 0.25) is 0 Å². The summed E-state index contributed by atoms with van der Waals surface area (Å²) in [6.07, 6.45) is 6.74. The van der Waals surface area contributed by atoms with Gasteiger partial charge in [-0.1, -0.05) is 26.2 Å². The van der Waals surface area contributed by atoms with Crippen molar-refractivity contribution in [3.05, 3.63) is 29.8 Å². The molecule has 1 aliphatic carbocycles. The molecule has 2 N–H and O–H groups in total. The monoisotopic (exact) mass is 275 g/mol. The largest absolute Gasteiger partial charge is 0.492 e. The molecule has 3 nitrogen and oxygen atoms in total. The molecule has 3 heteroatoms. The van der Waals surface area contributed by atoms with E-state index in [1.165, 1.54) is 25.7 Å². The lowest BCUT2D eigenvalue weighted by molar-refractivity contribution is 0.0907. The molecule has 20 heavy (non-hydrogen) atoms. The fourth-order valence-electron chi connectivity index (χ4n) is 3.14. The van der Waals surface area contributed by atoms with Gasteiger partial charge in [0, 0.05) is 18.5 Å². The van der Waals surface area contributed by atoms with Crippen LogP contribution in [0.1, 0.15) is 55.8 Å². The zero-order chi connectivity index (χ0) is 14.4. The summed E-state index contributed by atoms with van der Waals surface area (Å²) in [7, 11) is 0. The Balaban J connectivity index is 1.98. The molecule has 0 spiro atoms. The standard InChI is InChI=1S/C17H25NO2/c1-2-17(9-3-4-10-17)13-16(19)14-5-7-15(8-6-14)20-12-11-18/h5-8H,2-4,9-13,18H2,1H3. The molecule has 0 bridgehead atoms. The second-order valence-corrected chi connectivity index (χ2v) is 5.82. The van der Waals surface area contributed by atoms with Crippen LogP contribution < -0.4 is 10.5 Å². The number of hydrogen-bond donors (Lipinski definition) is 1. The van der Waals surface area contributed by atoms with Gasteiger partial charge in [-0.2, -0.15) is 0 Å². The lowest BCUT2D eigenvalue weighted by atomic mass is 9.78. The Hall–Kier alpha value is -1.35. The van der Waals surface area contributed by atoms with Crippen molar-refractivity contribution in [1.29, 1.82) is 0 Å². The van der Waals surface area contributed by atoms with Crippen molar-refractivity contribution in [2.45, 2.75) is 45.4 Å². The topological polar surface area (TPSA) is 52.3 Å². The van der Waals surface area contributed by atoms with Gasteiger partial charge in [-0.25, -0.2) is 0 Å². The van der Waals surface area contributed by atoms with E-state index in [2.05, 4.69) is 6.92 Å². The van der Waals surface area contributed by atoms with E-state index in [1.54, 1.807) is 0 Å². The summed E-state index contributed by atoms with van der Waals surface area (Å²) in [5.74, 6) is 1.04. The Bertz CT molecular complexity index is 433. The Morgan fingerprint density at radius 3 is 2.45 bits per heavy atom. The molecule has 0 unspecified atom stereocenters. The molecule has 1 aromatic carbocycles. The van der Waals surface area contributed by atoms with Crippen molar-refractivity contribution < 1.29 is 9.53 Å². The molecule has 0 atom stereocenters. The maximum absolute atomic E-state index is 12.4. The van der Waals surface area contributed by atoms with E-state index in [0.29, 0.717) is 19.6 Å². The van der Waals surface area contributed by atoms with Crippen LogP contribution in [0.4, 0.5) is 0 Å². The maximum Gasteiger partial charge on any atom is 0.163 e. The number of benzene rings is 1. The van der Waals surface area contributed by atoms with Gasteiger partial charge in [0.25, 0.3) is 0 Å². The van der Waals surface area contributed by atoms with Crippen molar-refractivity contribution in [2.24, 2.45) is 11.1 Å². The molecule has 0 amide bonds. The third-order valence-electron chi connectivity index (χ3n) is 4.51. The van der Waals surface area contributed by atoms with E-state index in [-0.39, 0.29) is 11.2 Å². The van der Waals surface area contributed by atoms with Crippen LogP contribution in [0.3, 0.4) is 0 Å². The quantitative estimate of drug-likeness (QED) is 0.774. The molecular weight excluding hydrogens is 250 g/mol. The van der Waals surface area contributed by atoms with Gasteiger partial charge >= 0.3 is 0 Å². The summed E-state index contributed by atoms with van der Waals surface area (Å²) in [5.41, 5.74) is 6.45. The van der Waals surface area contributed by atoms with Crippen LogP contribution in [0.5, 0.6) is 5.75 Å². The normalized spacial score (nSPS) is 17.1. The van der Waals surface area contributed by atoms with Crippen molar-refractivity contribution >= 4 is 5.78 Å². The number of carbonyl (C=O) groups is 1. The number of carbonyl (C=O) groups excluding carboxylic acids is 1. The summed E-state index contributed by atoms with van der Waals surface area (Å²) >= 11 is 0. The lowest BCUT2D eigenvalue weighted by Gasteiger charge is -2.26. The van der Waals surface area contributed by atoms with E-state index >= 15 is 0 Å². The van der Waals surface area contributed by atoms with E-state index in [9.17, 15) is 4.79 Å². The number of rotatable bonds is 7. The third-order valence-corrected chi connectivity index (χ3v) is 4.51. The van der Waals surface area contributed by atoms with E-state index in [0.717, 1.165) is 17.7 Å². The van der Waals surface area contributed by atoms with Gasteiger partial charge in [0.1, 0.15) is 12.4 Å². The van der Waals surface area contributed by atoms with Gasteiger partial charge < -0.3 is 10.5 Å². The van der Waals surface area contributed by atoms with Crippen LogP contribution in [0.15, 0.2) is 24.3 Å². The summed E-state index contributed by atoms with van der Waals surface area (Å²) in [4.78, 5) is 12.4. The Morgan fingerprint density at radius 2 is 1.90 bits per heavy atom. The summed E-state index contributed by atoms with van der Waals surface area (Å²) in [6.45, 7) is 3.22. The molecular formula is C17H25NO2. The Kier molecular flexibility index (Phi) is 5.18. The minimum absolute atomic E-state index is 0.256. The molecule has 0 heterocycles. The predicted molar refractivity (Wildman–Crippen MR) is 81.1 cm³/mol. The van der Waals surface area contributed by atoms with Gasteiger partial charge in [-0.15, -0.1) is 0 Å². The van der Waals surface area contributed by atoms with Crippen molar-refractivity contribution in [3.8, 4) is 5.75 Å². The number of nitrogens with two attached hydrogens (primary N) is 1. The zero-order valence-corrected chi connectivity index (χ0v) is 12.4. The number of hydrogen-bond acceptors (Lipinski definition) is 3. The molecule has 0 aliphatic heterocycles. The highest BCUT2D eigenvalue weighted by Gasteiger charge is 2.34. The Morgan fingerprint density at radius 1 is 1.25 bits per heavy atom. The van der Waals surface area contributed by atoms with E-state index in [4.69, 9.17) is 10.5 Å². The summed E-state index contributed by atoms with van der Waals surface area (Å²) < 4.78 is 5.43. The van der Waals surface area contributed by atoms with Crippen LogP contribution in [0, 0.1) is 5.41 Å². The summed E-state index contributed by atoms with van der Waals surface area (Å²) in [6, 6.07) is 7.45. The smallest absolute Gasteiger partial charge is 0.163 e. The molecule has 0 radical (unpaired) electrons. The minimum Gasteiger partial charge on any atom is -0.492 e. The fraction of sp³-hybridized carbons (Fsp3) is 0.588. The first-order valence-electron chi connectivity index (χ1n) is 7.65. The molecule has 1 aliphatic rings. The number of ether oxygens (including phenoxy) is 1. The molecule has 1 saturated carbocycles. The average molecular weight is 275 g/mol. The van der Waals surface area contributed by atoms with Crippen molar-refractivity contribution in [1.82, 2.24) is 0 Å². The average Bonchev–Trinajstić information content (AvgIpc) is 2.94. The first-order valence-corrected chi connectivity index (χ1v) is 7.65. The van der Waals surface area contributed by atoms with Crippen LogP contribution >= 0.6 is 0 Å². The predicted octanol–water partition coefficient (Wildman–Crippen LogP) is 3.57. The second-order valence-electron chi connectivity index (χ2n) is 5.82. The second kappa shape index (κ2) is 6.89. The maximum atomic E-state index is 12.4. The lowest BCUT2D eigenvalue weighted by Crippen LogP contribution is -2.20. The van der Waals surface area contributed by atoms with Crippen LogP contribution in [0.25, 0.3) is 0 Å². The molecule has 2 rings (SSSR count). The fourth-order valence-corrected chi connectivity index (χ4v) is 3.14. The highest BCUT2D eigenvalue weighted by Crippen LogP contribution is 2.44. The highest BCUT2D eigenvalue weighted by molar-refractivity contribution is 5.96. The van der Waals surface area contributed by atoms with Gasteiger partial charge in [-0.3, -0.25) is 4.79 Å². The van der Waals surface area contributed by atoms with Gasteiger partial charge in [0.15, 0.2) is 5.78 Å². The Labute approximate surface area is 121 Å². The highest BCUT2D eigenvalue weighted by atomic mass is 16.5. The van der Waals surface area contributed by atoms with Crippen LogP contribution in [-0.4, -0.2) is 18.9 Å². The molecule has 1 fully saturated rings. The van der Waals surface area contributed by atoms with Gasteiger partial charge in [0.05, 0.1) is 0 Å².